The Morgan fingerprint density at radius 1 is 1.18 bits per heavy atom. The van der Waals surface area contributed by atoms with Crippen molar-refractivity contribution in [1.29, 1.82) is 0 Å². The third-order valence-electron chi connectivity index (χ3n) is 4.65. The SMILES string of the molecule is Cc1cc(C(CC=O)c2nc(-c3ccc(Cl)cc3Cl)oc2C(C)C)ccc1O. The molecule has 0 aliphatic heterocycles. The van der Waals surface area contributed by atoms with E-state index in [-0.39, 0.29) is 24.0 Å². The molecular weight excluding hydrogens is 397 g/mol. The highest BCUT2D eigenvalue weighted by Crippen LogP contribution is 2.38. The van der Waals surface area contributed by atoms with E-state index in [1.165, 1.54) is 0 Å². The predicted molar refractivity (Wildman–Crippen MR) is 111 cm³/mol. The molecule has 2 aromatic carbocycles. The summed E-state index contributed by atoms with van der Waals surface area (Å²) in [6.45, 7) is 5.84. The molecule has 0 radical (unpaired) electrons. The van der Waals surface area contributed by atoms with Gasteiger partial charge < -0.3 is 14.3 Å². The first kappa shape index (κ1) is 20.4. The minimum Gasteiger partial charge on any atom is -0.508 e. The Balaban J connectivity index is 2.15. The van der Waals surface area contributed by atoms with Crippen molar-refractivity contribution in [3.05, 3.63) is 69.0 Å². The molecule has 0 bridgehead atoms. The Morgan fingerprint density at radius 2 is 1.93 bits per heavy atom. The molecule has 0 aliphatic carbocycles. The van der Waals surface area contributed by atoms with Crippen LogP contribution in [-0.4, -0.2) is 16.4 Å². The minimum absolute atomic E-state index is 0.0645. The lowest BCUT2D eigenvalue weighted by Crippen LogP contribution is -2.06. The van der Waals surface area contributed by atoms with Gasteiger partial charge in [0.2, 0.25) is 5.89 Å². The van der Waals surface area contributed by atoms with Crippen molar-refractivity contribution in [2.24, 2.45) is 0 Å². The Morgan fingerprint density at radius 3 is 2.54 bits per heavy atom. The van der Waals surface area contributed by atoms with E-state index in [1.807, 2.05) is 32.9 Å². The second-order valence-corrected chi connectivity index (χ2v) is 7.89. The highest BCUT2D eigenvalue weighted by Gasteiger charge is 2.26. The van der Waals surface area contributed by atoms with Crippen LogP contribution in [0.15, 0.2) is 40.8 Å². The molecule has 146 valence electrons. The summed E-state index contributed by atoms with van der Waals surface area (Å²) in [5.74, 6) is 1.10. The van der Waals surface area contributed by atoms with E-state index in [4.69, 9.17) is 32.6 Å². The minimum atomic E-state index is -0.280. The van der Waals surface area contributed by atoms with Gasteiger partial charge in [-0.2, -0.15) is 0 Å². The molecule has 3 rings (SSSR count). The van der Waals surface area contributed by atoms with Crippen LogP contribution in [0.3, 0.4) is 0 Å². The number of oxazole rings is 1. The fourth-order valence-corrected chi connectivity index (χ4v) is 3.67. The van der Waals surface area contributed by atoms with E-state index in [1.54, 1.807) is 24.3 Å². The quantitative estimate of drug-likeness (QED) is 0.464. The van der Waals surface area contributed by atoms with Crippen LogP contribution in [0.4, 0.5) is 0 Å². The molecule has 0 saturated heterocycles. The van der Waals surface area contributed by atoms with Gasteiger partial charge in [-0.25, -0.2) is 4.98 Å². The van der Waals surface area contributed by atoms with Crippen molar-refractivity contribution < 1.29 is 14.3 Å². The fraction of sp³-hybridized carbons (Fsp3) is 0.273. The normalized spacial score (nSPS) is 12.4. The topological polar surface area (TPSA) is 63.3 Å². The first-order valence-electron chi connectivity index (χ1n) is 9.01. The monoisotopic (exact) mass is 417 g/mol. The van der Waals surface area contributed by atoms with Gasteiger partial charge in [0.05, 0.1) is 16.3 Å². The van der Waals surface area contributed by atoms with E-state index in [9.17, 15) is 9.90 Å². The number of hydrogen-bond acceptors (Lipinski definition) is 4. The number of aromatic nitrogens is 1. The number of carbonyl (C=O) groups excluding carboxylic acids is 1. The van der Waals surface area contributed by atoms with E-state index < -0.39 is 0 Å². The van der Waals surface area contributed by atoms with Crippen molar-refractivity contribution in [1.82, 2.24) is 4.98 Å². The molecule has 6 heteroatoms. The molecule has 4 nitrogen and oxygen atoms in total. The van der Waals surface area contributed by atoms with Gasteiger partial charge in [-0.05, 0) is 42.3 Å². The Bertz CT molecular complexity index is 1010. The summed E-state index contributed by atoms with van der Waals surface area (Å²) in [7, 11) is 0. The second kappa shape index (κ2) is 8.38. The zero-order chi connectivity index (χ0) is 20.4. The van der Waals surface area contributed by atoms with Gasteiger partial charge in [0, 0.05) is 23.3 Å². The summed E-state index contributed by atoms with van der Waals surface area (Å²) < 4.78 is 6.08. The summed E-state index contributed by atoms with van der Waals surface area (Å²) in [6.07, 6.45) is 1.13. The van der Waals surface area contributed by atoms with Gasteiger partial charge >= 0.3 is 0 Å². The number of nitrogens with zero attached hydrogens (tertiary/aromatic N) is 1. The number of aldehydes is 1. The Labute approximate surface area is 174 Å². The van der Waals surface area contributed by atoms with Crippen LogP contribution >= 0.6 is 23.2 Å². The summed E-state index contributed by atoms with van der Waals surface area (Å²) in [5, 5.41) is 10.8. The number of rotatable bonds is 6. The number of phenols is 1. The van der Waals surface area contributed by atoms with Crippen LogP contribution in [0.1, 0.15) is 54.7 Å². The molecular formula is C22H21Cl2NO3. The molecule has 0 fully saturated rings. The number of aromatic hydroxyl groups is 1. The fourth-order valence-electron chi connectivity index (χ4n) is 3.18. The smallest absolute Gasteiger partial charge is 0.228 e. The largest absolute Gasteiger partial charge is 0.508 e. The van der Waals surface area contributed by atoms with Crippen LogP contribution in [-0.2, 0) is 4.79 Å². The van der Waals surface area contributed by atoms with Gasteiger partial charge in [-0.1, -0.05) is 49.2 Å². The van der Waals surface area contributed by atoms with Crippen LogP contribution in [0, 0.1) is 6.92 Å². The number of benzene rings is 2. The van der Waals surface area contributed by atoms with E-state index in [0.717, 1.165) is 17.4 Å². The third kappa shape index (κ3) is 4.08. The van der Waals surface area contributed by atoms with E-state index in [2.05, 4.69) is 0 Å². The van der Waals surface area contributed by atoms with Gasteiger partial charge in [0.25, 0.3) is 0 Å². The maximum atomic E-state index is 11.4. The van der Waals surface area contributed by atoms with Crippen LogP contribution in [0.25, 0.3) is 11.5 Å². The van der Waals surface area contributed by atoms with Crippen molar-refractivity contribution in [3.8, 4) is 17.2 Å². The maximum Gasteiger partial charge on any atom is 0.228 e. The highest BCUT2D eigenvalue weighted by atomic mass is 35.5. The second-order valence-electron chi connectivity index (χ2n) is 7.05. The van der Waals surface area contributed by atoms with Crippen LogP contribution < -0.4 is 0 Å². The first-order valence-corrected chi connectivity index (χ1v) is 9.76. The molecule has 3 aromatic rings. The van der Waals surface area contributed by atoms with Gasteiger partial charge in [-0.3, -0.25) is 0 Å². The summed E-state index contributed by atoms with van der Waals surface area (Å²) >= 11 is 12.3. The summed E-state index contributed by atoms with van der Waals surface area (Å²) in [4.78, 5) is 16.1. The average Bonchev–Trinajstić information content (AvgIpc) is 3.07. The van der Waals surface area contributed by atoms with E-state index >= 15 is 0 Å². The number of carbonyl (C=O) groups is 1. The predicted octanol–water partition coefficient (Wildman–Crippen LogP) is 6.51. The summed E-state index contributed by atoms with van der Waals surface area (Å²) in [6, 6.07) is 10.5. The van der Waals surface area contributed by atoms with E-state index in [0.29, 0.717) is 33.0 Å². The molecule has 1 heterocycles. The Kier molecular flexibility index (Phi) is 6.11. The number of halogens is 2. The van der Waals surface area contributed by atoms with Crippen molar-refractivity contribution in [2.75, 3.05) is 0 Å². The Hall–Kier alpha value is -2.30. The van der Waals surface area contributed by atoms with Crippen LogP contribution in [0.2, 0.25) is 10.0 Å². The van der Waals surface area contributed by atoms with Crippen LogP contribution in [0.5, 0.6) is 5.75 Å². The molecule has 1 atom stereocenters. The lowest BCUT2D eigenvalue weighted by atomic mass is 9.89. The average molecular weight is 418 g/mol. The zero-order valence-corrected chi connectivity index (χ0v) is 17.4. The molecule has 1 aromatic heterocycles. The van der Waals surface area contributed by atoms with Gasteiger partial charge in [0.15, 0.2) is 0 Å². The molecule has 28 heavy (non-hydrogen) atoms. The lowest BCUT2D eigenvalue weighted by molar-refractivity contribution is -0.108. The molecule has 0 aliphatic rings. The molecule has 1 N–H and O–H groups in total. The standard InChI is InChI=1S/C22H21Cl2NO3/c1-12(2)21-20(16(8-9-26)14-4-7-19(27)13(3)10-14)25-22(28-21)17-6-5-15(23)11-18(17)24/h4-7,9-12,16,27H,8H2,1-3H3. The lowest BCUT2D eigenvalue weighted by Gasteiger charge is -2.16. The number of aryl methyl sites for hydroxylation is 1. The molecule has 1 unspecified atom stereocenters. The first-order chi connectivity index (χ1) is 13.3. The number of hydrogen-bond donors (Lipinski definition) is 1. The van der Waals surface area contributed by atoms with Crippen molar-refractivity contribution in [2.45, 2.75) is 39.0 Å². The molecule has 0 spiro atoms. The zero-order valence-electron chi connectivity index (χ0n) is 15.9. The third-order valence-corrected chi connectivity index (χ3v) is 5.20. The highest BCUT2D eigenvalue weighted by molar-refractivity contribution is 6.36. The van der Waals surface area contributed by atoms with Crippen molar-refractivity contribution >= 4 is 29.5 Å². The summed E-state index contributed by atoms with van der Waals surface area (Å²) in [5.41, 5.74) is 2.98. The molecule has 0 saturated carbocycles. The molecule has 0 amide bonds. The van der Waals surface area contributed by atoms with Gasteiger partial charge in [-0.15, -0.1) is 0 Å². The maximum absolute atomic E-state index is 11.4. The number of phenolic OH excluding ortho intramolecular Hbond substituents is 1. The van der Waals surface area contributed by atoms with Crippen molar-refractivity contribution in [3.63, 3.8) is 0 Å². The van der Waals surface area contributed by atoms with Gasteiger partial charge in [0.1, 0.15) is 17.8 Å².